The van der Waals surface area contributed by atoms with Crippen LogP contribution in [0.25, 0.3) is 0 Å². The van der Waals surface area contributed by atoms with Crippen LogP contribution in [0.2, 0.25) is 0 Å². The summed E-state index contributed by atoms with van der Waals surface area (Å²) in [5, 5.41) is 0. The van der Waals surface area contributed by atoms with Crippen molar-refractivity contribution >= 4 is 10.2 Å². The maximum absolute atomic E-state index is 11.5. The molecule has 1 N–H and O–H groups in total. The molecular weight excluding hydrogens is 286 g/mol. The summed E-state index contributed by atoms with van der Waals surface area (Å²) in [6, 6.07) is 8.46. The summed E-state index contributed by atoms with van der Waals surface area (Å²) in [4.78, 5) is 2.27. The highest BCUT2D eigenvalue weighted by Gasteiger charge is 2.14. The Hall–Kier alpha value is -1.39. The minimum Gasteiger partial charge on any atom is -0.288 e. The number of benzene rings is 1. The van der Waals surface area contributed by atoms with Gasteiger partial charge in [0.15, 0.2) is 0 Å². The molecule has 1 aliphatic heterocycles. The number of hydrogen-bond acceptors (Lipinski definition) is 3. The zero-order valence-corrected chi connectivity index (χ0v) is 13.3. The first-order chi connectivity index (χ1) is 9.99. The first-order valence-electron chi connectivity index (χ1n) is 6.91. The Bertz CT molecular complexity index is 644. The molecule has 0 fully saturated rings. The van der Waals surface area contributed by atoms with Gasteiger partial charge >= 0.3 is 0 Å². The lowest BCUT2D eigenvalue weighted by Gasteiger charge is -2.26. The quantitative estimate of drug-likeness (QED) is 0.822. The average molecular weight is 307 g/mol. The van der Waals surface area contributed by atoms with Crippen LogP contribution >= 0.6 is 0 Å². The maximum Gasteiger partial charge on any atom is 0.279 e. The molecule has 0 radical (unpaired) electrons. The van der Waals surface area contributed by atoms with E-state index in [0.717, 1.165) is 23.8 Å². The van der Waals surface area contributed by atoms with E-state index in [4.69, 9.17) is 0 Å². The van der Waals surface area contributed by atoms with E-state index in [-0.39, 0.29) is 6.54 Å². The minimum atomic E-state index is -3.38. The van der Waals surface area contributed by atoms with Crippen LogP contribution in [0, 0.1) is 11.8 Å². The Labute approximate surface area is 127 Å². The smallest absolute Gasteiger partial charge is 0.279 e. The van der Waals surface area contributed by atoms with E-state index in [1.165, 1.54) is 25.2 Å². The van der Waals surface area contributed by atoms with Gasteiger partial charge in [-0.05, 0) is 17.5 Å². The molecule has 0 amide bonds. The van der Waals surface area contributed by atoms with E-state index in [1.54, 1.807) is 0 Å². The lowest BCUT2D eigenvalue weighted by atomic mass is 10.0. The van der Waals surface area contributed by atoms with Crippen LogP contribution in [-0.2, 0) is 23.2 Å². The Kier molecular flexibility index (Phi) is 5.37. The van der Waals surface area contributed by atoms with Crippen molar-refractivity contribution in [3.05, 3.63) is 35.4 Å². The van der Waals surface area contributed by atoms with Gasteiger partial charge in [0.25, 0.3) is 10.2 Å². The number of rotatable bonds is 4. The van der Waals surface area contributed by atoms with Gasteiger partial charge in [-0.1, -0.05) is 36.1 Å². The Morgan fingerprint density at radius 3 is 2.67 bits per heavy atom. The number of nitrogens with one attached hydrogen (secondary N) is 1. The molecule has 0 spiro atoms. The molecule has 114 valence electrons. The highest BCUT2D eigenvalue weighted by Crippen LogP contribution is 2.17. The molecule has 0 aromatic heterocycles. The Morgan fingerprint density at radius 1 is 1.24 bits per heavy atom. The molecule has 0 saturated carbocycles. The fourth-order valence-corrected chi connectivity index (χ4v) is 2.69. The molecule has 0 unspecified atom stereocenters. The second-order valence-electron chi connectivity index (χ2n) is 5.19. The van der Waals surface area contributed by atoms with Crippen molar-refractivity contribution in [1.29, 1.82) is 0 Å². The number of fused-ring (bicyclic) bond motifs is 1. The van der Waals surface area contributed by atoms with Gasteiger partial charge in [0.2, 0.25) is 0 Å². The molecule has 6 heteroatoms. The van der Waals surface area contributed by atoms with Crippen molar-refractivity contribution in [2.45, 2.75) is 13.0 Å². The summed E-state index contributed by atoms with van der Waals surface area (Å²) in [6.07, 6.45) is 1.05. The first kappa shape index (κ1) is 16.0. The van der Waals surface area contributed by atoms with Crippen molar-refractivity contribution < 1.29 is 8.42 Å². The predicted molar refractivity (Wildman–Crippen MR) is 83.8 cm³/mol. The van der Waals surface area contributed by atoms with Crippen molar-refractivity contribution in [3.8, 4) is 11.8 Å². The van der Waals surface area contributed by atoms with Crippen LogP contribution in [0.3, 0.4) is 0 Å². The molecule has 0 saturated heterocycles. The van der Waals surface area contributed by atoms with Crippen molar-refractivity contribution in [3.63, 3.8) is 0 Å². The van der Waals surface area contributed by atoms with E-state index in [1.807, 2.05) is 0 Å². The van der Waals surface area contributed by atoms with Crippen molar-refractivity contribution in [2.24, 2.45) is 0 Å². The van der Waals surface area contributed by atoms with Crippen molar-refractivity contribution in [1.82, 2.24) is 13.9 Å². The molecule has 5 nitrogen and oxygen atoms in total. The Morgan fingerprint density at radius 2 is 1.95 bits per heavy atom. The van der Waals surface area contributed by atoms with Gasteiger partial charge in [0, 0.05) is 27.2 Å². The van der Waals surface area contributed by atoms with Gasteiger partial charge in [-0.2, -0.15) is 17.4 Å². The van der Waals surface area contributed by atoms with Gasteiger partial charge in [0.1, 0.15) is 0 Å². The van der Waals surface area contributed by atoms with Crippen LogP contribution in [0.5, 0.6) is 0 Å². The summed E-state index contributed by atoms with van der Waals surface area (Å²) >= 11 is 0. The van der Waals surface area contributed by atoms with E-state index in [0.29, 0.717) is 6.54 Å². The van der Waals surface area contributed by atoms with Gasteiger partial charge in [-0.15, -0.1) is 0 Å². The van der Waals surface area contributed by atoms with Crippen LogP contribution in [-0.4, -0.2) is 51.4 Å². The summed E-state index contributed by atoms with van der Waals surface area (Å²) in [7, 11) is -0.402. The van der Waals surface area contributed by atoms with Crippen LogP contribution in [0.15, 0.2) is 24.3 Å². The molecule has 21 heavy (non-hydrogen) atoms. The van der Waals surface area contributed by atoms with E-state index in [2.05, 4.69) is 45.7 Å². The zero-order chi connectivity index (χ0) is 15.3. The summed E-state index contributed by atoms with van der Waals surface area (Å²) in [5.41, 5.74) is 2.78. The monoisotopic (exact) mass is 307 g/mol. The summed E-state index contributed by atoms with van der Waals surface area (Å²) in [6.45, 7) is 2.71. The molecule has 0 atom stereocenters. The highest BCUT2D eigenvalue weighted by atomic mass is 32.2. The van der Waals surface area contributed by atoms with Crippen LogP contribution in [0.1, 0.15) is 11.1 Å². The maximum atomic E-state index is 11.5. The molecule has 2 rings (SSSR count). The molecule has 1 aromatic carbocycles. The Balaban J connectivity index is 1.80. The molecule has 1 aliphatic rings. The normalized spacial score (nSPS) is 15.4. The van der Waals surface area contributed by atoms with Gasteiger partial charge in [-0.25, -0.2) is 0 Å². The topological polar surface area (TPSA) is 52.7 Å². The van der Waals surface area contributed by atoms with Crippen molar-refractivity contribution in [2.75, 3.05) is 33.7 Å². The van der Waals surface area contributed by atoms with Gasteiger partial charge in [-0.3, -0.25) is 4.90 Å². The minimum absolute atomic E-state index is 0.144. The third-order valence-corrected chi connectivity index (χ3v) is 4.93. The fraction of sp³-hybridized carbons (Fsp3) is 0.467. The van der Waals surface area contributed by atoms with E-state index < -0.39 is 10.2 Å². The second-order valence-corrected chi connectivity index (χ2v) is 7.16. The zero-order valence-electron chi connectivity index (χ0n) is 12.5. The largest absolute Gasteiger partial charge is 0.288 e. The second kappa shape index (κ2) is 7.05. The van der Waals surface area contributed by atoms with Gasteiger partial charge in [0.05, 0.1) is 13.1 Å². The van der Waals surface area contributed by atoms with Crippen LogP contribution in [0.4, 0.5) is 0 Å². The SMILES string of the molecule is CN(C)S(=O)(=O)NCC#CCN1CCc2ccccc2C1. The van der Waals surface area contributed by atoms with E-state index in [9.17, 15) is 8.42 Å². The third kappa shape index (κ3) is 4.55. The predicted octanol–water partition coefficient (Wildman–Crippen LogP) is 0.444. The lowest BCUT2D eigenvalue weighted by molar-refractivity contribution is 0.286. The van der Waals surface area contributed by atoms with E-state index >= 15 is 0 Å². The third-order valence-electron chi connectivity index (χ3n) is 3.46. The fourth-order valence-electron chi connectivity index (χ4n) is 2.18. The standard InChI is InChI=1S/C15H21N3O2S/c1-17(2)21(19,20)16-10-5-6-11-18-12-9-14-7-3-4-8-15(14)13-18/h3-4,7-8,16H,9-13H2,1-2H3. The average Bonchev–Trinajstić information content (AvgIpc) is 2.46. The molecular formula is C15H21N3O2S. The molecule has 0 bridgehead atoms. The molecule has 1 aromatic rings. The van der Waals surface area contributed by atoms with Crippen LogP contribution < -0.4 is 4.72 Å². The molecule has 1 heterocycles. The first-order valence-corrected chi connectivity index (χ1v) is 8.35. The molecule has 0 aliphatic carbocycles. The lowest BCUT2D eigenvalue weighted by Crippen LogP contribution is -2.35. The van der Waals surface area contributed by atoms with Gasteiger partial charge < -0.3 is 0 Å². The number of nitrogens with zero attached hydrogens (tertiary/aromatic N) is 2. The summed E-state index contributed by atoms with van der Waals surface area (Å²) < 4.78 is 26.5. The highest BCUT2D eigenvalue weighted by molar-refractivity contribution is 7.87. The number of hydrogen-bond donors (Lipinski definition) is 1. The summed E-state index contributed by atoms with van der Waals surface area (Å²) in [5.74, 6) is 5.89.